The van der Waals surface area contributed by atoms with Crippen LogP contribution in [0.3, 0.4) is 0 Å². The zero-order chi connectivity index (χ0) is 9.68. The summed E-state index contributed by atoms with van der Waals surface area (Å²) >= 11 is 0. The van der Waals surface area contributed by atoms with Gasteiger partial charge in [0.1, 0.15) is 6.04 Å². The van der Waals surface area contributed by atoms with Crippen LogP contribution in [0, 0.1) is 17.2 Å². The lowest BCUT2D eigenvalue weighted by atomic mass is 10.1. The lowest BCUT2D eigenvalue weighted by Crippen LogP contribution is -2.51. The van der Waals surface area contributed by atoms with E-state index in [1.807, 2.05) is 6.92 Å². The van der Waals surface area contributed by atoms with Crippen molar-refractivity contribution >= 4 is 0 Å². The zero-order valence-electron chi connectivity index (χ0n) is 8.03. The average Bonchev–Trinajstić information content (AvgIpc) is 2.18. The summed E-state index contributed by atoms with van der Waals surface area (Å²) in [6, 6.07) is 2.24. The van der Waals surface area contributed by atoms with Crippen molar-refractivity contribution in [3.63, 3.8) is 0 Å². The highest BCUT2D eigenvalue weighted by molar-refractivity contribution is 4.96. The molecule has 1 heterocycles. The third-order valence-electron chi connectivity index (χ3n) is 2.36. The van der Waals surface area contributed by atoms with Gasteiger partial charge in [-0.05, 0) is 5.92 Å². The molecule has 0 radical (unpaired) electrons. The Hall–Kier alpha value is -0.630. The molecule has 74 valence electrons. The van der Waals surface area contributed by atoms with Crippen molar-refractivity contribution < 1.29 is 5.11 Å². The minimum atomic E-state index is -0.0252. The first-order valence-electron chi connectivity index (χ1n) is 4.73. The number of aliphatic hydroxyl groups excluding tert-OH is 1. The molecule has 0 aromatic rings. The molecular weight excluding hydrogens is 166 g/mol. The number of nitrogens with one attached hydrogen (secondary N) is 1. The molecule has 1 aliphatic heterocycles. The van der Waals surface area contributed by atoms with E-state index in [1.54, 1.807) is 0 Å². The summed E-state index contributed by atoms with van der Waals surface area (Å²) in [5, 5.41) is 20.9. The van der Waals surface area contributed by atoms with Gasteiger partial charge in [-0.3, -0.25) is 4.90 Å². The van der Waals surface area contributed by atoms with E-state index >= 15 is 0 Å². The number of rotatable bonds is 3. The summed E-state index contributed by atoms with van der Waals surface area (Å²) < 4.78 is 0. The lowest BCUT2D eigenvalue weighted by Gasteiger charge is -2.33. The Labute approximate surface area is 79.1 Å². The molecule has 0 saturated carbocycles. The second kappa shape index (κ2) is 5.18. The van der Waals surface area contributed by atoms with Crippen LogP contribution in [0.4, 0.5) is 0 Å². The highest BCUT2D eigenvalue weighted by atomic mass is 16.3. The summed E-state index contributed by atoms with van der Waals surface area (Å²) in [6.45, 7) is 5.60. The Kier molecular flexibility index (Phi) is 4.16. The molecule has 13 heavy (non-hydrogen) atoms. The molecule has 1 aliphatic rings. The Morgan fingerprint density at radius 1 is 1.77 bits per heavy atom. The number of piperazine rings is 1. The van der Waals surface area contributed by atoms with E-state index in [1.165, 1.54) is 0 Å². The Balaban J connectivity index is 2.41. The van der Waals surface area contributed by atoms with Crippen molar-refractivity contribution in [3.05, 3.63) is 0 Å². The minimum Gasteiger partial charge on any atom is -0.396 e. The summed E-state index contributed by atoms with van der Waals surface area (Å²) in [5.74, 6) is 0.258. The molecule has 0 bridgehead atoms. The topological polar surface area (TPSA) is 59.3 Å². The van der Waals surface area contributed by atoms with Crippen LogP contribution in [0.5, 0.6) is 0 Å². The molecule has 4 heteroatoms. The highest BCUT2D eigenvalue weighted by Gasteiger charge is 2.22. The van der Waals surface area contributed by atoms with Crippen LogP contribution >= 0.6 is 0 Å². The molecule has 1 fully saturated rings. The highest BCUT2D eigenvalue weighted by Crippen LogP contribution is 2.06. The van der Waals surface area contributed by atoms with Crippen molar-refractivity contribution in [1.29, 1.82) is 5.26 Å². The number of nitriles is 1. The lowest BCUT2D eigenvalue weighted by molar-refractivity contribution is 0.138. The van der Waals surface area contributed by atoms with Crippen LogP contribution in [0.1, 0.15) is 6.92 Å². The number of hydrogen-bond donors (Lipinski definition) is 2. The molecule has 0 spiro atoms. The number of hydrogen-bond acceptors (Lipinski definition) is 4. The molecule has 1 rings (SSSR count). The Bertz CT molecular complexity index is 190. The SMILES string of the molecule is CC(CO)CN1CCNCC1C#N. The summed E-state index contributed by atoms with van der Waals surface area (Å²) in [7, 11) is 0. The normalized spacial score (nSPS) is 26.7. The quantitative estimate of drug-likeness (QED) is 0.614. The van der Waals surface area contributed by atoms with Crippen LogP contribution in [0.2, 0.25) is 0 Å². The van der Waals surface area contributed by atoms with E-state index < -0.39 is 0 Å². The molecule has 0 amide bonds. The van der Waals surface area contributed by atoms with Gasteiger partial charge in [0.05, 0.1) is 6.07 Å². The maximum absolute atomic E-state index is 8.90. The van der Waals surface area contributed by atoms with E-state index in [2.05, 4.69) is 16.3 Å². The molecule has 1 saturated heterocycles. The summed E-state index contributed by atoms with van der Waals surface area (Å²) in [5.41, 5.74) is 0. The fourth-order valence-electron chi connectivity index (χ4n) is 1.55. The second-order valence-corrected chi connectivity index (χ2v) is 3.63. The van der Waals surface area contributed by atoms with Crippen LogP contribution in [-0.2, 0) is 0 Å². The van der Waals surface area contributed by atoms with Crippen LogP contribution in [0.25, 0.3) is 0 Å². The average molecular weight is 183 g/mol. The van der Waals surface area contributed by atoms with E-state index in [-0.39, 0.29) is 18.6 Å². The third-order valence-corrected chi connectivity index (χ3v) is 2.36. The first-order valence-corrected chi connectivity index (χ1v) is 4.73. The zero-order valence-corrected chi connectivity index (χ0v) is 8.03. The van der Waals surface area contributed by atoms with Gasteiger partial charge < -0.3 is 10.4 Å². The van der Waals surface area contributed by atoms with Gasteiger partial charge in [0.25, 0.3) is 0 Å². The van der Waals surface area contributed by atoms with Gasteiger partial charge in [-0.15, -0.1) is 0 Å². The monoisotopic (exact) mass is 183 g/mol. The smallest absolute Gasteiger partial charge is 0.110 e. The predicted molar refractivity (Wildman–Crippen MR) is 50.1 cm³/mol. The van der Waals surface area contributed by atoms with Gasteiger partial charge >= 0.3 is 0 Å². The van der Waals surface area contributed by atoms with E-state index in [9.17, 15) is 0 Å². The fourth-order valence-corrected chi connectivity index (χ4v) is 1.55. The maximum atomic E-state index is 8.90. The van der Waals surface area contributed by atoms with Crippen molar-refractivity contribution in [2.24, 2.45) is 5.92 Å². The Morgan fingerprint density at radius 2 is 2.54 bits per heavy atom. The molecular formula is C9H17N3O. The van der Waals surface area contributed by atoms with E-state index in [0.29, 0.717) is 0 Å². The molecule has 0 aromatic carbocycles. The first kappa shape index (κ1) is 10.5. The standard InChI is InChI=1S/C9H17N3O/c1-8(7-13)6-12-3-2-11-5-9(12)4-10/h8-9,11,13H,2-3,5-7H2,1H3. The van der Waals surface area contributed by atoms with Crippen LogP contribution < -0.4 is 5.32 Å². The van der Waals surface area contributed by atoms with Crippen LogP contribution in [0.15, 0.2) is 0 Å². The fraction of sp³-hybridized carbons (Fsp3) is 0.889. The number of aliphatic hydroxyl groups is 1. The van der Waals surface area contributed by atoms with Crippen molar-refractivity contribution in [2.45, 2.75) is 13.0 Å². The van der Waals surface area contributed by atoms with Crippen molar-refractivity contribution in [1.82, 2.24) is 10.2 Å². The van der Waals surface area contributed by atoms with Crippen molar-refractivity contribution in [2.75, 3.05) is 32.8 Å². The molecule has 2 atom stereocenters. The van der Waals surface area contributed by atoms with Gasteiger partial charge in [-0.2, -0.15) is 5.26 Å². The predicted octanol–water partition coefficient (Wildman–Crippen LogP) is -0.588. The molecule has 0 aliphatic carbocycles. The number of nitrogens with zero attached hydrogens (tertiary/aromatic N) is 2. The van der Waals surface area contributed by atoms with E-state index in [0.717, 1.165) is 26.2 Å². The first-order chi connectivity index (χ1) is 6.27. The molecule has 0 aromatic heterocycles. The molecule has 2 unspecified atom stereocenters. The largest absolute Gasteiger partial charge is 0.396 e. The molecule has 4 nitrogen and oxygen atoms in total. The van der Waals surface area contributed by atoms with Gasteiger partial charge in [0, 0.05) is 32.8 Å². The summed E-state index contributed by atoms with van der Waals surface area (Å²) in [6.07, 6.45) is 0. The molecule has 2 N–H and O–H groups in total. The van der Waals surface area contributed by atoms with E-state index in [4.69, 9.17) is 10.4 Å². The minimum absolute atomic E-state index is 0.0252. The third kappa shape index (κ3) is 2.96. The second-order valence-electron chi connectivity index (χ2n) is 3.63. The van der Waals surface area contributed by atoms with Crippen molar-refractivity contribution in [3.8, 4) is 6.07 Å². The van der Waals surface area contributed by atoms with Gasteiger partial charge in [0.15, 0.2) is 0 Å². The van der Waals surface area contributed by atoms with Gasteiger partial charge in [-0.1, -0.05) is 6.92 Å². The maximum Gasteiger partial charge on any atom is 0.110 e. The summed E-state index contributed by atoms with van der Waals surface area (Å²) in [4.78, 5) is 2.14. The van der Waals surface area contributed by atoms with Crippen LogP contribution in [-0.4, -0.2) is 48.8 Å². The Morgan fingerprint density at radius 3 is 3.15 bits per heavy atom. The van der Waals surface area contributed by atoms with Gasteiger partial charge in [-0.25, -0.2) is 0 Å². The van der Waals surface area contributed by atoms with Gasteiger partial charge in [0.2, 0.25) is 0 Å².